The molecule has 0 radical (unpaired) electrons. The van der Waals surface area contributed by atoms with Crippen LogP contribution >= 0.6 is 0 Å². The van der Waals surface area contributed by atoms with E-state index in [-0.39, 0.29) is 17.9 Å². The first-order valence-corrected chi connectivity index (χ1v) is 6.57. The summed E-state index contributed by atoms with van der Waals surface area (Å²) >= 11 is 0. The first-order valence-electron chi connectivity index (χ1n) is 6.57. The molecule has 0 saturated carbocycles. The highest BCUT2D eigenvalue weighted by Gasteiger charge is 2.39. The summed E-state index contributed by atoms with van der Waals surface area (Å²) < 4.78 is 0. The van der Waals surface area contributed by atoms with E-state index in [0.717, 1.165) is 18.5 Å². The van der Waals surface area contributed by atoms with Gasteiger partial charge in [0, 0.05) is 13.1 Å². The minimum atomic E-state index is -0.369. The van der Waals surface area contributed by atoms with Crippen molar-refractivity contribution < 1.29 is 4.79 Å². The molecule has 1 aliphatic rings. The highest BCUT2D eigenvalue weighted by Crippen LogP contribution is 2.27. The number of amides is 1. The Morgan fingerprint density at radius 1 is 1.47 bits per heavy atom. The molecule has 1 amide bonds. The Labute approximate surface area is 114 Å². The van der Waals surface area contributed by atoms with Gasteiger partial charge in [0.05, 0.1) is 11.5 Å². The minimum absolute atomic E-state index is 0.0721. The number of nitrogens with zero attached hydrogens (tertiary/aromatic N) is 2. The van der Waals surface area contributed by atoms with Crippen molar-refractivity contribution in [2.75, 3.05) is 19.6 Å². The van der Waals surface area contributed by atoms with Crippen molar-refractivity contribution in [2.24, 2.45) is 5.41 Å². The Hall–Kier alpha value is -1.86. The fourth-order valence-corrected chi connectivity index (χ4v) is 2.47. The molecule has 1 aromatic carbocycles. The van der Waals surface area contributed by atoms with Crippen molar-refractivity contribution in [3.05, 3.63) is 35.9 Å². The lowest BCUT2D eigenvalue weighted by Gasteiger charge is -2.29. The zero-order chi connectivity index (χ0) is 13.7. The summed E-state index contributed by atoms with van der Waals surface area (Å²) in [6, 6.07) is 11.9. The molecular formula is C15H19N3O. The minimum Gasteiger partial charge on any atom is -0.325 e. The number of hydrogen-bond acceptors (Lipinski definition) is 3. The van der Waals surface area contributed by atoms with Crippen molar-refractivity contribution in [3.8, 4) is 6.07 Å². The van der Waals surface area contributed by atoms with Gasteiger partial charge in [-0.05, 0) is 25.5 Å². The van der Waals surface area contributed by atoms with Crippen LogP contribution in [0.1, 0.15) is 18.9 Å². The Morgan fingerprint density at radius 2 is 2.21 bits per heavy atom. The first kappa shape index (κ1) is 13.6. The van der Waals surface area contributed by atoms with Crippen LogP contribution < -0.4 is 5.32 Å². The van der Waals surface area contributed by atoms with Gasteiger partial charge in [-0.3, -0.25) is 4.79 Å². The fourth-order valence-electron chi connectivity index (χ4n) is 2.47. The van der Waals surface area contributed by atoms with Crippen LogP contribution in [0.3, 0.4) is 0 Å². The molecule has 0 aromatic heterocycles. The average Bonchev–Trinajstić information content (AvgIpc) is 2.87. The van der Waals surface area contributed by atoms with Crippen LogP contribution in [0.25, 0.3) is 0 Å². The highest BCUT2D eigenvalue weighted by atomic mass is 16.2. The van der Waals surface area contributed by atoms with E-state index in [1.54, 1.807) is 4.90 Å². The van der Waals surface area contributed by atoms with Crippen molar-refractivity contribution in [1.82, 2.24) is 10.2 Å². The summed E-state index contributed by atoms with van der Waals surface area (Å²) in [5, 5.41) is 12.2. The van der Waals surface area contributed by atoms with E-state index < -0.39 is 0 Å². The third-order valence-electron chi connectivity index (χ3n) is 3.65. The van der Waals surface area contributed by atoms with Crippen LogP contribution in [0, 0.1) is 16.7 Å². The van der Waals surface area contributed by atoms with E-state index in [1.807, 2.05) is 37.3 Å². The molecule has 100 valence electrons. The van der Waals surface area contributed by atoms with Crippen LogP contribution in [0.15, 0.2) is 30.3 Å². The molecule has 0 spiro atoms. The molecule has 4 heteroatoms. The monoisotopic (exact) mass is 257 g/mol. The zero-order valence-electron chi connectivity index (χ0n) is 11.2. The largest absolute Gasteiger partial charge is 0.325 e. The molecule has 19 heavy (non-hydrogen) atoms. The maximum Gasteiger partial charge on any atom is 0.231 e. The molecule has 1 unspecified atom stereocenters. The molecule has 1 saturated heterocycles. The van der Waals surface area contributed by atoms with Crippen molar-refractivity contribution in [3.63, 3.8) is 0 Å². The van der Waals surface area contributed by atoms with E-state index in [1.165, 1.54) is 0 Å². The average molecular weight is 257 g/mol. The number of carbonyl (C=O) groups excluding carboxylic acids is 1. The molecule has 1 atom stereocenters. The molecular weight excluding hydrogens is 238 g/mol. The Kier molecular flexibility index (Phi) is 4.18. The van der Waals surface area contributed by atoms with E-state index in [9.17, 15) is 4.79 Å². The van der Waals surface area contributed by atoms with Crippen LogP contribution in [0.2, 0.25) is 0 Å². The van der Waals surface area contributed by atoms with Crippen LogP contribution in [0.5, 0.6) is 0 Å². The molecule has 1 aliphatic heterocycles. The van der Waals surface area contributed by atoms with Gasteiger partial charge in [0.1, 0.15) is 6.54 Å². The summed E-state index contributed by atoms with van der Waals surface area (Å²) in [6.45, 7) is 4.19. The van der Waals surface area contributed by atoms with Crippen molar-refractivity contribution in [2.45, 2.75) is 19.9 Å². The molecule has 2 rings (SSSR count). The quantitative estimate of drug-likeness (QED) is 0.832. The number of nitriles is 1. The standard InChI is InChI=1S/C15H19N3O/c1-15(7-9-17-12-15)14(19)18(10-8-16)11-13-5-3-2-4-6-13/h2-6,17H,7,9-12H2,1H3. The van der Waals surface area contributed by atoms with E-state index in [0.29, 0.717) is 13.1 Å². The second-order valence-electron chi connectivity index (χ2n) is 5.29. The highest BCUT2D eigenvalue weighted by molar-refractivity contribution is 5.83. The fraction of sp³-hybridized carbons (Fsp3) is 0.467. The number of nitrogens with one attached hydrogen (secondary N) is 1. The number of carbonyl (C=O) groups is 1. The third-order valence-corrected chi connectivity index (χ3v) is 3.65. The lowest BCUT2D eigenvalue weighted by molar-refractivity contribution is -0.140. The van der Waals surface area contributed by atoms with Gasteiger partial charge in [-0.15, -0.1) is 0 Å². The summed E-state index contributed by atoms with van der Waals surface area (Å²) in [7, 11) is 0. The van der Waals surface area contributed by atoms with Crippen LogP contribution in [-0.4, -0.2) is 30.4 Å². The van der Waals surface area contributed by atoms with E-state index in [2.05, 4.69) is 11.4 Å². The van der Waals surface area contributed by atoms with Crippen molar-refractivity contribution in [1.29, 1.82) is 5.26 Å². The number of benzene rings is 1. The summed E-state index contributed by atoms with van der Waals surface area (Å²) in [6.07, 6.45) is 0.836. The third kappa shape index (κ3) is 3.12. The van der Waals surface area contributed by atoms with Crippen LogP contribution in [0.4, 0.5) is 0 Å². The SMILES string of the molecule is CC1(C(=O)N(CC#N)Cc2ccccc2)CCNC1. The molecule has 4 nitrogen and oxygen atoms in total. The number of hydrogen-bond donors (Lipinski definition) is 1. The maximum atomic E-state index is 12.6. The molecule has 1 heterocycles. The normalized spacial score (nSPS) is 21.9. The van der Waals surface area contributed by atoms with Crippen molar-refractivity contribution >= 4 is 5.91 Å². The van der Waals surface area contributed by atoms with Gasteiger partial charge < -0.3 is 10.2 Å². The Balaban J connectivity index is 2.12. The first-order chi connectivity index (χ1) is 9.15. The van der Waals surface area contributed by atoms with Gasteiger partial charge in [-0.1, -0.05) is 30.3 Å². The lowest BCUT2D eigenvalue weighted by atomic mass is 9.88. The maximum absolute atomic E-state index is 12.6. The predicted molar refractivity (Wildman–Crippen MR) is 73.1 cm³/mol. The van der Waals surface area contributed by atoms with Gasteiger partial charge in [-0.2, -0.15) is 5.26 Å². The zero-order valence-corrected chi connectivity index (χ0v) is 11.2. The van der Waals surface area contributed by atoms with Gasteiger partial charge in [0.2, 0.25) is 5.91 Å². The van der Waals surface area contributed by atoms with Gasteiger partial charge in [0.15, 0.2) is 0 Å². The number of rotatable bonds is 4. The topological polar surface area (TPSA) is 56.1 Å². The molecule has 0 aliphatic carbocycles. The van der Waals surface area contributed by atoms with Crippen LogP contribution in [-0.2, 0) is 11.3 Å². The second kappa shape index (κ2) is 5.85. The molecule has 0 bridgehead atoms. The molecule has 1 N–H and O–H groups in total. The van der Waals surface area contributed by atoms with Gasteiger partial charge in [0.25, 0.3) is 0 Å². The Morgan fingerprint density at radius 3 is 2.79 bits per heavy atom. The van der Waals surface area contributed by atoms with E-state index in [4.69, 9.17) is 5.26 Å². The molecule has 1 fully saturated rings. The predicted octanol–water partition coefficient (Wildman–Crippen LogP) is 1.54. The summed E-state index contributed by atoms with van der Waals surface area (Å²) in [4.78, 5) is 14.3. The lowest BCUT2D eigenvalue weighted by Crippen LogP contribution is -2.43. The molecule has 1 aromatic rings. The van der Waals surface area contributed by atoms with Gasteiger partial charge >= 0.3 is 0 Å². The summed E-state index contributed by atoms with van der Waals surface area (Å²) in [5.74, 6) is 0.0721. The Bertz CT molecular complexity index is 472. The smallest absolute Gasteiger partial charge is 0.231 e. The van der Waals surface area contributed by atoms with Gasteiger partial charge in [-0.25, -0.2) is 0 Å². The summed E-state index contributed by atoms with van der Waals surface area (Å²) in [5.41, 5.74) is 0.687. The van der Waals surface area contributed by atoms with E-state index >= 15 is 0 Å². The second-order valence-corrected chi connectivity index (χ2v) is 5.29.